The second kappa shape index (κ2) is 9.75. The van der Waals surface area contributed by atoms with Crippen molar-refractivity contribution in [2.75, 3.05) is 32.8 Å². The molecule has 0 aliphatic carbocycles. The monoisotopic (exact) mass is 284 g/mol. The smallest absolute Gasteiger partial charge is 0.0613 e. The van der Waals surface area contributed by atoms with Crippen LogP contribution in [0.4, 0.5) is 0 Å². The lowest BCUT2D eigenvalue weighted by Gasteiger charge is -2.33. The summed E-state index contributed by atoms with van der Waals surface area (Å²) in [7, 11) is 0. The van der Waals surface area contributed by atoms with E-state index >= 15 is 0 Å². The SMILES string of the molecule is CCCNC(CC)(CO)CCCN1CCCC(C)CC1. The van der Waals surface area contributed by atoms with Crippen LogP contribution in [-0.4, -0.2) is 48.3 Å². The molecule has 0 saturated carbocycles. The minimum absolute atomic E-state index is 0.0465. The van der Waals surface area contributed by atoms with Crippen LogP contribution in [-0.2, 0) is 0 Å². The lowest BCUT2D eigenvalue weighted by Crippen LogP contribution is -2.48. The van der Waals surface area contributed by atoms with Gasteiger partial charge in [0, 0.05) is 5.54 Å². The van der Waals surface area contributed by atoms with Gasteiger partial charge in [-0.05, 0) is 77.0 Å². The zero-order valence-electron chi connectivity index (χ0n) is 14.0. The van der Waals surface area contributed by atoms with Gasteiger partial charge in [-0.2, -0.15) is 0 Å². The second-order valence-electron chi connectivity index (χ2n) is 6.70. The molecule has 0 aromatic heterocycles. The number of aliphatic hydroxyl groups is 1. The lowest BCUT2D eigenvalue weighted by atomic mass is 9.91. The molecule has 0 aromatic rings. The summed E-state index contributed by atoms with van der Waals surface area (Å²) in [6.07, 6.45) is 8.53. The molecular weight excluding hydrogens is 248 g/mol. The van der Waals surface area contributed by atoms with Crippen molar-refractivity contribution < 1.29 is 5.11 Å². The number of nitrogens with zero attached hydrogens (tertiary/aromatic N) is 1. The van der Waals surface area contributed by atoms with Crippen LogP contribution in [0.1, 0.15) is 65.7 Å². The molecule has 1 aliphatic heterocycles. The predicted molar refractivity (Wildman–Crippen MR) is 87.1 cm³/mol. The van der Waals surface area contributed by atoms with Crippen molar-refractivity contribution >= 4 is 0 Å². The Morgan fingerprint density at radius 2 is 2.05 bits per heavy atom. The highest BCUT2D eigenvalue weighted by atomic mass is 16.3. The van der Waals surface area contributed by atoms with Gasteiger partial charge in [0.15, 0.2) is 0 Å². The third-order valence-electron chi connectivity index (χ3n) is 4.97. The fraction of sp³-hybridized carbons (Fsp3) is 1.00. The van der Waals surface area contributed by atoms with Crippen LogP contribution < -0.4 is 5.32 Å². The van der Waals surface area contributed by atoms with Gasteiger partial charge in [0.1, 0.15) is 0 Å². The fourth-order valence-corrected chi connectivity index (χ4v) is 3.21. The number of aliphatic hydroxyl groups excluding tert-OH is 1. The van der Waals surface area contributed by atoms with Gasteiger partial charge in [-0.25, -0.2) is 0 Å². The van der Waals surface area contributed by atoms with E-state index in [0.717, 1.165) is 31.7 Å². The van der Waals surface area contributed by atoms with E-state index in [1.54, 1.807) is 0 Å². The van der Waals surface area contributed by atoms with E-state index in [2.05, 4.69) is 31.0 Å². The maximum absolute atomic E-state index is 9.74. The van der Waals surface area contributed by atoms with Crippen LogP contribution >= 0.6 is 0 Å². The molecule has 0 radical (unpaired) electrons. The maximum atomic E-state index is 9.74. The van der Waals surface area contributed by atoms with E-state index in [0.29, 0.717) is 0 Å². The maximum Gasteiger partial charge on any atom is 0.0613 e. The molecule has 2 atom stereocenters. The first kappa shape index (κ1) is 17.9. The predicted octanol–water partition coefficient (Wildman–Crippen LogP) is 3.03. The van der Waals surface area contributed by atoms with Crippen LogP contribution in [0.25, 0.3) is 0 Å². The first-order valence-corrected chi connectivity index (χ1v) is 8.74. The zero-order chi connectivity index (χ0) is 14.8. The van der Waals surface area contributed by atoms with Crippen LogP contribution in [0.15, 0.2) is 0 Å². The summed E-state index contributed by atoms with van der Waals surface area (Å²) in [5.41, 5.74) is -0.0465. The molecule has 2 N–H and O–H groups in total. The van der Waals surface area contributed by atoms with Gasteiger partial charge in [-0.3, -0.25) is 0 Å². The topological polar surface area (TPSA) is 35.5 Å². The van der Waals surface area contributed by atoms with Crippen LogP contribution in [0.2, 0.25) is 0 Å². The standard InChI is InChI=1S/C17H36N2O/c1-4-11-18-17(5-2,15-20)10-7-13-19-12-6-8-16(3)9-14-19/h16,18,20H,4-15H2,1-3H3. The van der Waals surface area contributed by atoms with E-state index in [1.165, 1.54) is 45.3 Å². The number of rotatable bonds is 9. The van der Waals surface area contributed by atoms with Crippen molar-refractivity contribution in [2.24, 2.45) is 5.92 Å². The number of likely N-dealkylation sites (tertiary alicyclic amines) is 1. The van der Waals surface area contributed by atoms with Gasteiger partial charge in [-0.1, -0.05) is 20.8 Å². The van der Waals surface area contributed by atoms with Crippen molar-refractivity contribution in [1.29, 1.82) is 0 Å². The lowest BCUT2D eigenvalue weighted by molar-refractivity contribution is 0.138. The Labute approximate surface area is 126 Å². The average molecular weight is 284 g/mol. The highest BCUT2D eigenvalue weighted by molar-refractivity contribution is 4.86. The van der Waals surface area contributed by atoms with Crippen molar-refractivity contribution in [2.45, 2.75) is 71.3 Å². The van der Waals surface area contributed by atoms with Crippen molar-refractivity contribution in [3.63, 3.8) is 0 Å². The van der Waals surface area contributed by atoms with Crippen LogP contribution in [0.5, 0.6) is 0 Å². The third kappa shape index (κ3) is 6.11. The molecule has 1 fully saturated rings. The first-order chi connectivity index (χ1) is 9.65. The molecule has 120 valence electrons. The first-order valence-electron chi connectivity index (χ1n) is 8.74. The van der Waals surface area contributed by atoms with Gasteiger partial charge in [-0.15, -0.1) is 0 Å². The van der Waals surface area contributed by atoms with Gasteiger partial charge in [0.05, 0.1) is 6.61 Å². The van der Waals surface area contributed by atoms with E-state index < -0.39 is 0 Å². The molecule has 0 bridgehead atoms. The Morgan fingerprint density at radius 1 is 1.25 bits per heavy atom. The minimum Gasteiger partial charge on any atom is -0.394 e. The molecule has 3 nitrogen and oxygen atoms in total. The summed E-state index contributed by atoms with van der Waals surface area (Å²) in [4.78, 5) is 2.63. The zero-order valence-corrected chi connectivity index (χ0v) is 14.0. The van der Waals surface area contributed by atoms with E-state index in [4.69, 9.17) is 0 Å². The highest BCUT2D eigenvalue weighted by Crippen LogP contribution is 2.20. The van der Waals surface area contributed by atoms with Crippen LogP contribution in [0.3, 0.4) is 0 Å². The Balaban J connectivity index is 2.32. The molecule has 0 aromatic carbocycles. The largest absolute Gasteiger partial charge is 0.394 e. The normalized spacial score (nSPS) is 24.3. The summed E-state index contributed by atoms with van der Waals surface area (Å²) in [5, 5.41) is 13.3. The molecule has 3 heteroatoms. The summed E-state index contributed by atoms with van der Waals surface area (Å²) >= 11 is 0. The van der Waals surface area contributed by atoms with Gasteiger partial charge >= 0.3 is 0 Å². The quantitative estimate of drug-likeness (QED) is 0.683. The molecule has 20 heavy (non-hydrogen) atoms. The van der Waals surface area contributed by atoms with Gasteiger partial charge in [0.25, 0.3) is 0 Å². The third-order valence-corrected chi connectivity index (χ3v) is 4.97. The number of hydrogen-bond acceptors (Lipinski definition) is 3. The fourth-order valence-electron chi connectivity index (χ4n) is 3.21. The molecule has 0 spiro atoms. The number of nitrogens with one attached hydrogen (secondary N) is 1. The van der Waals surface area contributed by atoms with E-state index in [9.17, 15) is 5.11 Å². The van der Waals surface area contributed by atoms with E-state index in [1.807, 2.05) is 0 Å². The van der Waals surface area contributed by atoms with Crippen molar-refractivity contribution in [3.8, 4) is 0 Å². The number of hydrogen-bond donors (Lipinski definition) is 2. The molecule has 1 saturated heterocycles. The summed E-state index contributed by atoms with van der Waals surface area (Å²) in [6, 6.07) is 0. The Hall–Kier alpha value is -0.120. The molecule has 0 amide bonds. The molecule has 2 unspecified atom stereocenters. The van der Waals surface area contributed by atoms with E-state index in [-0.39, 0.29) is 12.1 Å². The average Bonchev–Trinajstić information content (AvgIpc) is 2.68. The van der Waals surface area contributed by atoms with Gasteiger partial charge in [0.2, 0.25) is 0 Å². The minimum atomic E-state index is -0.0465. The van der Waals surface area contributed by atoms with Crippen molar-refractivity contribution in [3.05, 3.63) is 0 Å². The van der Waals surface area contributed by atoms with Gasteiger partial charge < -0.3 is 15.3 Å². The summed E-state index contributed by atoms with van der Waals surface area (Å²) in [6.45, 7) is 11.8. The highest BCUT2D eigenvalue weighted by Gasteiger charge is 2.26. The van der Waals surface area contributed by atoms with Crippen molar-refractivity contribution in [1.82, 2.24) is 10.2 Å². The Morgan fingerprint density at radius 3 is 2.70 bits per heavy atom. The molecule has 1 heterocycles. The Bertz CT molecular complexity index is 241. The summed E-state index contributed by atoms with van der Waals surface area (Å²) in [5.74, 6) is 0.901. The molecule has 1 aliphatic rings. The summed E-state index contributed by atoms with van der Waals surface area (Å²) < 4.78 is 0. The molecular formula is C17H36N2O. The molecule has 1 rings (SSSR count). The second-order valence-corrected chi connectivity index (χ2v) is 6.70. The Kier molecular flexibility index (Phi) is 8.74. The van der Waals surface area contributed by atoms with Crippen LogP contribution in [0, 0.1) is 5.92 Å².